The first-order chi connectivity index (χ1) is 22.0. The number of fused-ring (bicyclic) bond motifs is 1. The number of carbonyl (C=O) groups is 5. The van der Waals surface area contributed by atoms with Gasteiger partial charge in [-0.25, -0.2) is 9.78 Å². The second-order valence-corrected chi connectivity index (χ2v) is 10.8. The normalized spacial score (nSPS) is 13.7. The molecule has 0 bridgehead atoms. The quantitative estimate of drug-likeness (QED) is 0.0818. The van der Waals surface area contributed by atoms with Crippen molar-refractivity contribution in [2.45, 2.75) is 56.3 Å². The van der Waals surface area contributed by atoms with Gasteiger partial charge in [-0.1, -0.05) is 30.3 Å². The van der Waals surface area contributed by atoms with Crippen LogP contribution in [0.15, 0.2) is 67.3 Å². The highest BCUT2D eigenvalue weighted by molar-refractivity contribution is 5.94. The Hall–Kier alpha value is -5.70. The maximum absolute atomic E-state index is 13.6. The zero-order valence-electron chi connectivity index (χ0n) is 24.6. The SMILES string of the molecule is NC(Cc1cnc[nH]1)C(=O)NC(Cc1ccc(O)cc1)C(=O)NC(CCC(=O)O)C(=O)NC(Cc1c[nH]c2ccccc12)C(=O)O. The van der Waals surface area contributed by atoms with E-state index in [1.54, 1.807) is 30.5 Å². The predicted octanol–water partition coefficient (Wildman–Crippen LogP) is 0.356. The molecule has 0 saturated carbocycles. The van der Waals surface area contributed by atoms with Gasteiger partial charge in [0.1, 0.15) is 23.9 Å². The Balaban J connectivity index is 1.51. The van der Waals surface area contributed by atoms with E-state index < -0.39 is 60.2 Å². The Labute approximate surface area is 262 Å². The number of aromatic nitrogens is 3. The number of carbonyl (C=O) groups excluding carboxylic acids is 3. The van der Waals surface area contributed by atoms with Crippen LogP contribution in [0, 0.1) is 0 Å². The number of rotatable bonds is 16. The molecule has 0 radical (unpaired) electrons. The van der Waals surface area contributed by atoms with Crippen molar-refractivity contribution in [3.8, 4) is 5.75 Å². The lowest BCUT2D eigenvalue weighted by Crippen LogP contribution is -2.58. The van der Waals surface area contributed by atoms with Gasteiger partial charge in [-0.05, 0) is 35.7 Å². The predicted molar refractivity (Wildman–Crippen MR) is 164 cm³/mol. The standard InChI is InChI=1S/C31H35N7O8/c32-22(13-19-15-33-16-35-19)28(42)37-25(11-17-5-7-20(39)8-6-17)30(44)36-24(9-10-27(40)41)29(43)38-26(31(45)46)12-18-14-34-23-4-2-1-3-21(18)23/h1-8,14-16,22,24-26,34,39H,9-13,32H2,(H,33,35)(H,36,44)(H,37,42)(H,38,43)(H,40,41)(H,45,46). The van der Waals surface area contributed by atoms with E-state index in [9.17, 15) is 39.3 Å². The number of aromatic hydroxyl groups is 1. The van der Waals surface area contributed by atoms with E-state index in [1.165, 1.54) is 24.7 Å². The minimum Gasteiger partial charge on any atom is -0.508 e. The molecule has 2 aromatic carbocycles. The number of H-pyrrole nitrogens is 2. The van der Waals surface area contributed by atoms with Crippen LogP contribution in [-0.4, -0.2) is 84.1 Å². The molecule has 46 heavy (non-hydrogen) atoms. The fraction of sp³-hybridized carbons (Fsp3) is 0.290. The summed E-state index contributed by atoms with van der Waals surface area (Å²) in [6.07, 6.45) is 3.65. The Kier molecular flexibility index (Phi) is 11.1. The lowest BCUT2D eigenvalue weighted by molar-refractivity contribution is -0.143. The van der Waals surface area contributed by atoms with E-state index in [2.05, 4.69) is 30.9 Å². The molecule has 0 fully saturated rings. The first kappa shape index (κ1) is 33.2. The van der Waals surface area contributed by atoms with Gasteiger partial charge < -0.3 is 47.0 Å². The molecule has 4 unspecified atom stereocenters. The second kappa shape index (κ2) is 15.3. The first-order valence-corrected chi connectivity index (χ1v) is 14.4. The summed E-state index contributed by atoms with van der Waals surface area (Å²) in [5.41, 5.74) is 8.62. The first-order valence-electron chi connectivity index (χ1n) is 14.4. The molecule has 0 aliphatic carbocycles. The molecule has 15 heteroatoms. The van der Waals surface area contributed by atoms with Crippen molar-refractivity contribution in [2.75, 3.05) is 0 Å². The summed E-state index contributed by atoms with van der Waals surface area (Å²) < 4.78 is 0. The number of imidazole rings is 1. The van der Waals surface area contributed by atoms with Crippen molar-refractivity contribution >= 4 is 40.6 Å². The Morgan fingerprint density at radius 2 is 1.48 bits per heavy atom. The molecule has 4 atom stereocenters. The summed E-state index contributed by atoms with van der Waals surface area (Å²) in [7, 11) is 0. The van der Waals surface area contributed by atoms with Crippen LogP contribution in [0.1, 0.15) is 29.7 Å². The fourth-order valence-electron chi connectivity index (χ4n) is 4.88. The van der Waals surface area contributed by atoms with Crippen molar-refractivity contribution < 1.29 is 39.3 Å². The van der Waals surface area contributed by atoms with Gasteiger partial charge in [-0.3, -0.25) is 19.2 Å². The summed E-state index contributed by atoms with van der Waals surface area (Å²) >= 11 is 0. The Morgan fingerprint density at radius 1 is 0.804 bits per heavy atom. The lowest BCUT2D eigenvalue weighted by Gasteiger charge is -2.25. The van der Waals surface area contributed by atoms with E-state index in [0.29, 0.717) is 16.8 Å². The summed E-state index contributed by atoms with van der Waals surface area (Å²) in [6.45, 7) is 0. The summed E-state index contributed by atoms with van der Waals surface area (Å²) in [5, 5.41) is 37.1. The van der Waals surface area contributed by atoms with Crippen LogP contribution < -0.4 is 21.7 Å². The smallest absolute Gasteiger partial charge is 0.326 e. The van der Waals surface area contributed by atoms with E-state index in [4.69, 9.17) is 5.73 Å². The molecule has 242 valence electrons. The number of carboxylic acids is 2. The minimum atomic E-state index is -1.45. The van der Waals surface area contributed by atoms with Gasteiger partial charge in [-0.2, -0.15) is 0 Å². The van der Waals surface area contributed by atoms with Gasteiger partial charge in [0, 0.05) is 54.7 Å². The van der Waals surface area contributed by atoms with Gasteiger partial charge >= 0.3 is 11.9 Å². The summed E-state index contributed by atoms with van der Waals surface area (Å²) in [5.74, 6) is -4.99. The third-order valence-electron chi connectivity index (χ3n) is 7.33. The van der Waals surface area contributed by atoms with Crippen LogP contribution in [0.4, 0.5) is 0 Å². The number of aliphatic carboxylic acids is 2. The maximum atomic E-state index is 13.6. The molecule has 0 saturated heterocycles. The molecule has 0 aliphatic rings. The highest BCUT2D eigenvalue weighted by atomic mass is 16.4. The molecule has 3 amide bonds. The number of phenolic OH excluding ortho intramolecular Hbond substituents is 1. The molecule has 10 N–H and O–H groups in total. The van der Waals surface area contributed by atoms with Gasteiger partial charge in [0.15, 0.2) is 0 Å². The van der Waals surface area contributed by atoms with Crippen molar-refractivity contribution in [2.24, 2.45) is 5.73 Å². The highest BCUT2D eigenvalue weighted by Gasteiger charge is 2.31. The number of nitrogens with one attached hydrogen (secondary N) is 5. The Bertz CT molecular complexity index is 1670. The molecule has 0 aliphatic heterocycles. The number of hydrogen-bond donors (Lipinski definition) is 9. The third-order valence-corrected chi connectivity index (χ3v) is 7.33. The molecular weight excluding hydrogens is 598 g/mol. The second-order valence-electron chi connectivity index (χ2n) is 10.8. The molecule has 2 aromatic heterocycles. The zero-order chi connectivity index (χ0) is 33.2. The van der Waals surface area contributed by atoms with Crippen molar-refractivity contribution in [1.29, 1.82) is 0 Å². The largest absolute Gasteiger partial charge is 0.508 e. The molecule has 0 spiro atoms. The van der Waals surface area contributed by atoms with Crippen LogP contribution >= 0.6 is 0 Å². The van der Waals surface area contributed by atoms with E-state index in [-0.39, 0.29) is 31.4 Å². The number of hydrogen-bond acceptors (Lipinski definition) is 8. The van der Waals surface area contributed by atoms with Crippen LogP contribution in [-0.2, 0) is 43.2 Å². The number of amides is 3. The van der Waals surface area contributed by atoms with Crippen molar-refractivity contribution in [3.05, 3.63) is 84.1 Å². The Morgan fingerprint density at radius 3 is 2.15 bits per heavy atom. The number of nitrogens with two attached hydrogens (primary N) is 1. The lowest BCUT2D eigenvalue weighted by atomic mass is 10.0. The molecule has 4 rings (SSSR count). The zero-order valence-corrected chi connectivity index (χ0v) is 24.6. The van der Waals surface area contributed by atoms with Crippen molar-refractivity contribution in [3.63, 3.8) is 0 Å². The van der Waals surface area contributed by atoms with Crippen LogP contribution in [0.25, 0.3) is 10.9 Å². The number of carboxylic acid groups (broad SMARTS) is 2. The van der Waals surface area contributed by atoms with Gasteiger partial charge in [0.05, 0.1) is 12.4 Å². The molecule has 4 aromatic rings. The van der Waals surface area contributed by atoms with Gasteiger partial charge in [0.25, 0.3) is 0 Å². The van der Waals surface area contributed by atoms with E-state index >= 15 is 0 Å². The maximum Gasteiger partial charge on any atom is 0.326 e. The summed E-state index contributed by atoms with van der Waals surface area (Å²) in [4.78, 5) is 73.3. The monoisotopic (exact) mass is 633 g/mol. The van der Waals surface area contributed by atoms with Crippen LogP contribution in [0.3, 0.4) is 0 Å². The average Bonchev–Trinajstić information content (AvgIpc) is 3.69. The fourth-order valence-corrected chi connectivity index (χ4v) is 4.88. The number of benzene rings is 2. The van der Waals surface area contributed by atoms with Gasteiger partial charge in [-0.15, -0.1) is 0 Å². The highest BCUT2D eigenvalue weighted by Crippen LogP contribution is 2.19. The topological polar surface area (TPSA) is 253 Å². The number of para-hydroxylation sites is 1. The molecule has 2 heterocycles. The van der Waals surface area contributed by atoms with E-state index in [0.717, 1.165) is 10.9 Å². The molecular formula is C31H35N7O8. The van der Waals surface area contributed by atoms with Crippen LogP contribution in [0.5, 0.6) is 5.75 Å². The summed E-state index contributed by atoms with van der Waals surface area (Å²) in [6, 6.07) is 7.94. The van der Waals surface area contributed by atoms with Gasteiger partial charge in [0.2, 0.25) is 17.7 Å². The van der Waals surface area contributed by atoms with E-state index in [1.807, 2.05) is 12.1 Å². The average molecular weight is 634 g/mol. The van der Waals surface area contributed by atoms with Crippen molar-refractivity contribution in [1.82, 2.24) is 30.9 Å². The van der Waals surface area contributed by atoms with Crippen LogP contribution in [0.2, 0.25) is 0 Å². The number of nitrogens with zero attached hydrogens (tertiary/aromatic N) is 1. The number of phenols is 1. The third kappa shape index (κ3) is 9.15. The molecule has 15 nitrogen and oxygen atoms in total. The number of aromatic amines is 2. The minimum absolute atomic E-state index is 0.0126.